The van der Waals surface area contributed by atoms with E-state index in [4.69, 9.17) is 14.2 Å². The monoisotopic (exact) mass is 427 g/mol. The quantitative estimate of drug-likeness (QED) is 0.585. The molecule has 1 N–H and O–H groups in total. The van der Waals surface area contributed by atoms with Crippen LogP contribution >= 0.6 is 0 Å². The molecule has 1 aliphatic heterocycles. The van der Waals surface area contributed by atoms with Crippen LogP contribution in [0.3, 0.4) is 0 Å². The zero-order chi connectivity index (χ0) is 22.1. The summed E-state index contributed by atoms with van der Waals surface area (Å²) in [7, 11) is 1.58. The number of hydrogen-bond donors (Lipinski definition) is 1. The van der Waals surface area contributed by atoms with Crippen LogP contribution in [0, 0.1) is 0 Å². The van der Waals surface area contributed by atoms with Gasteiger partial charge in [-0.2, -0.15) is 0 Å². The van der Waals surface area contributed by atoms with Gasteiger partial charge in [0.15, 0.2) is 6.10 Å². The van der Waals surface area contributed by atoms with Gasteiger partial charge >= 0.3 is 5.97 Å². The fourth-order valence-corrected chi connectivity index (χ4v) is 3.39. The van der Waals surface area contributed by atoms with Gasteiger partial charge in [-0.25, -0.2) is 4.79 Å². The molecule has 1 atom stereocenters. The number of carboxylic acid groups (broad SMARTS) is 1. The first-order valence-corrected chi connectivity index (χ1v) is 10.4. The first kappa shape index (κ1) is 22.7. The van der Waals surface area contributed by atoms with Gasteiger partial charge in [0.05, 0.1) is 12.8 Å². The van der Waals surface area contributed by atoms with Gasteiger partial charge in [-0.15, -0.1) is 10.2 Å². The van der Waals surface area contributed by atoms with E-state index in [2.05, 4.69) is 21.2 Å². The van der Waals surface area contributed by atoms with E-state index >= 15 is 0 Å². The Bertz CT molecular complexity index is 868. The Morgan fingerprint density at radius 2 is 2.00 bits per heavy atom. The second-order valence-electron chi connectivity index (χ2n) is 7.22. The summed E-state index contributed by atoms with van der Waals surface area (Å²) in [4.78, 5) is 13.5. The smallest absolute Gasteiger partial charge is 0.333 e. The molecule has 0 saturated carbocycles. The van der Waals surface area contributed by atoms with Crippen molar-refractivity contribution in [1.29, 1.82) is 0 Å². The van der Waals surface area contributed by atoms with Crippen molar-refractivity contribution in [3.63, 3.8) is 0 Å². The lowest BCUT2D eigenvalue weighted by atomic mass is 10.0. The Hall–Kier alpha value is -2.97. The van der Waals surface area contributed by atoms with Crippen molar-refractivity contribution in [2.45, 2.75) is 25.9 Å². The van der Waals surface area contributed by atoms with E-state index in [-0.39, 0.29) is 0 Å². The minimum Gasteiger partial charge on any atom is -0.492 e. The zero-order valence-corrected chi connectivity index (χ0v) is 18.0. The summed E-state index contributed by atoms with van der Waals surface area (Å²) < 4.78 is 16.2. The molecule has 1 unspecified atom stereocenters. The largest absolute Gasteiger partial charge is 0.492 e. The van der Waals surface area contributed by atoms with Crippen LogP contribution in [-0.2, 0) is 16.0 Å². The molecular formula is C23H29N3O5. The lowest BCUT2D eigenvalue weighted by Crippen LogP contribution is -2.32. The Morgan fingerprint density at radius 3 is 2.58 bits per heavy atom. The Labute approximate surface area is 182 Å². The molecule has 3 rings (SSSR count). The highest BCUT2D eigenvalue weighted by molar-refractivity contribution is 5.72. The minimum absolute atomic E-state index is 0.338. The molecule has 1 aromatic carbocycles. The third-order valence-electron chi connectivity index (χ3n) is 5.14. The van der Waals surface area contributed by atoms with Gasteiger partial charge in [0.25, 0.3) is 0 Å². The summed E-state index contributed by atoms with van der Waals surface area (Å²) in [5, 5.41) is 17.4. The summed E-state index contributed by atoms with van der Waals surface area (Å²) in [5.74, 6) is 0.344. The summed E-state index contributed by atoms with van der Waals surface area (Å²) in [6.07, 6.45) is 2.62. The number of methoxy groups -OCH3 is 1. The van der Waals surface area contributed by atoms with Crippen LogP contribution in [0.15, 0.2) is 42.5 Å². The molecule has 1 aromatic heterocycles. The number of carbonyl (C=O) groups is 1. The van der Waals surface area contributed by atoms with Crippen LogP contribution in [-0.4, -0.2) is 72.2 Å². The molecule has 2 heterocycles. The lowest BCUT2D eigenvalue weighted by molar-refractivity contribution is -0.149. The van der Waals surface area contributed by atoms with Crippen LogP contribution in [0.4, 0.5) is 0 Å². The molecule has 0 saturated heterocycles. The highest BCUT2D eigenvalue weighted by atomic mass is 16.5. The molecule has 0 fully saturated rings. The van der Waals surface area contributed by atoms with E-state index < -0.39 is 12.1 Å². The van der Waals surface area contributed by atoms with E-state index in [9.17, 15) is 9.90 Å². The van der Waals surface area contributed by atoms with E-state index in [1.54, 1.807) is 14.0 Å². The van der Waals surface area contributed by atoms with Crippen LogP contribution in [0.2, 0.25) is 0 Å². The minimum atomic E-state index is -0.944. The fraction of sp³-hybridized carbons (Fsp3) is 0.435. The number of rotatable bonds is 11. The van der Waals surface area contributed by atoms with E-state index in [0.29, 0.717) is 25.5 Å². The van der Waals surface area contributed by atoms with Crippen LogP contribution in [0.25, 0.3) is 5.57 Å². The standard InChI is InChI=1S/C23H29N3O5/c1-3-30-21(23(27)28)16-17-4-6-19(7-5-17)31-15-14-26-12-10-18(11-13-26)20-8-9-22(29-2)25-24-20/h4-10,21H,3,11-16H2,1-2H3,(H,27,28). The van der Waals surface area contributed by atoms with Crippen molar-refractivity contribution in [2.75, 3.05) is 40.0 Å². The van der Waals surface area contributed by atoms with Crippen molar-refractivity contribution < 1.29 is 24.1 Å². The normalized spacial score (nSPS) is 15.2. The third-order valence-corrected chi connectivity index (χ3v) is 5.14. The third kappa shape index (κ3) is 6.77. The maximum atomic E-state index is 11.2. The van der Waals surface area contributed by atoms with Gasteiger partial charge < -0.3 is 19.3 Å². The van der Waals surface area contributed by atoms with Gasteiger partial charge in [-0.3, -0.25) is 4.90 Å². The van der Waals surface area contributed by atoms with Crippen molar-refractivity contribution in [3.8, 4) is 11.6 Å². The van der Waals surface area contributed by atoms with E-state index in [1.807, 2.05) is 36.4 Å². The Kier molecular flexibility index (Phi) is 8.37. The molecule has 1 aliphatic rings. The van der Waals surface area contributed by atoms with Gasteiger partial charge in [-0.1, -0.05) is 18.2 Å². The number of benzene rings is 1. The molecule has 8 heteroatoms. The van der Waals surface area contributed by atoms with Gasteiger partial charge in [0, 0.05) is 38.7 Å². The highest BCUT2D eigenvalue weighted by Crippen LogP contribution is 2.21. The first-order valence-electron chi connectivity index (χ1n) is 10.4. The molecule has 166 valence electrons. The zero-order valence-electron chi connectivity index (χ0n) is 18.0. The van der Waals surface area contributed by atoms with Crippen molar-refractivity contribution in [2.24, 2.45) is 0 Å². The lowest BCUT2D eigenvalue weighted by Gasteiger charge is -2.25. The molecule has 0 bridgehead atoms. The number of hydrogen-bond acceptors (Lipinski definition) is 7. The molecule has 0 spiro atoms. The molecular weight excluding hydrogens is 398 g/mol. The predicted octanol–water partition coefficient (Wildman–Crippen LogP) is 2.69. The topological polar surface area (TPSA) is 94.0 Å². The number of aromatic nitrogens is 2. The van der Waals surface area contributed by atoms with E-state index in [0.717, 1.165) is 43.1 Å². The summed E-state index contributed by atoms with van der Waals surface area (Å²) >= 11 is 0. The first-order chi connectivity index (χ1) is 15.1. The fourth-order valence-electron chi connectivity index (χ4n) is 3.39. The Balaban J connectivity index is 1.42. The molecule has 0 amide bonds. The second kappa shape index (κ2) is 11.4. The number of ether oxygens (including phenoxy) is 3. The summed E-state index contributed by atoms with van der Waals surface area (Å²) in [6.45, 7) is 5.36. The molecule has 0 radical (unpaired) electrons. The van der Waals surface area contributed by atoms with Gasteiger partial charge in [0.1, 0.15) is 12.4 Å². The van der Waals surface area contributed by atoms with Crippen molar-refractivity contribution in [1.82, 2.24) is 15.1 Å². The second-order valence-corrected chi connectivity index (χ2v) is 7.22. The summed E-state index contributed by atoms with van der Waals surface area (Å²) in [5.41, 5.74) is 3.00. The maximum Gasteiger partial charge on any atom is 0.333 e. The van der Waals surface area contributed by atoms with Crippen LogP contribution in [0.5, 0.6) is 11.6 Å². The van der Waals surface area contributed by atoms with Gasteiger partial charge in [0.2, 0.25) is 5.88 Å². The van der Waals surface area contributed by atoms with Gasteiger partial charge in [-0.05, 0) is 42.7 Å². The maximum absolute atomic E-state index is 11.2. The number of aliphatic carboxylic acids is 1. The number of carboxylic acids is 1. The average molecular weight is 428 g/mol. The molecule has 0 aliphatic carbocycles. The van der Waals surface area contributed by atoms with Crippen molar-refractivity contribution >= 4 is 11.5 Å². The van der Waals surface area contributed by atoms with E-state index in [1.165, 1.54) is 5.57 Å². The average Bonchev–Trinajstić information content (AvgIpc) is 2.80. The molecule has 8 nitrogen and oxygen atoms in total. The van der Waals surface area contributed by atoms with Crippen molar-refractivity contribution in [3.05, 3.63) is 53.7 Å². The SMILES string of the molecule is CCOC(Cc1ccc(OCCN2CC=C(c3ccc(OC)nn3)CC2)cc1)C(=O)O. The molecule has 31 heavy (non-hydrogen) atoms. The van der Waals surface area contributed by atoms with Crippen LogP contribution < -0.4 is 9.47 Å². The Morgan fingerprint density at radius 1 is 1.19 bits per heavy atom. The molecule has 2 aromatic rings. The predicted molar refractivity (Wildman–Crippen MR) is 116 cm³/mol. The highest BCUT2D eigenvalue weighted by Gasteiger charge is 2.18. The van der Waals surface area contributed by atoms with Crippen LogP contribution in [0.1, 0.15) is 24.6 Å². The summed E-state index contributed by atoms with van der Waals surface area (Å²) in [6, 6.07) is 11.3. The number of nitrogens with zero attached hydrogens (tertiary/aromatic N) is 3.